The van der Waals surface area contributed by atoms with Crippen LogP contribution in [0.4, 0.5) is 0 Å². The number of carbonyl (C=O) groups is 3. The molecule has 0 rings (SSSR count). The molecule has 0 heterocycles. The third-order valence-corrected chi connectivity index (χ3v) is 10.7. The number of carbonyl (C=O) groups excluding carboxylic acids is 2. The number of rotatable bonds is 43. The minimum atomic E-state index is -4.73. The first-order valence-electron chi connectivity index (χ1n) is 23.3. The van der Waals surface area contributed by atoms with Gasteiger partial charge >= 0.3 is 25.7 Å². The fourth-order valence-corrected chi connectivity index (χ4v) is 6.89. The van der Waals surface area contributed by atoms with Crippen molar-refractivity contribution in [1.82, 2.24) is 0 Å². The summed E-state index contributed by atoms with van der Waals surface area (Å²) in [6, 6.07) is -1.53. The van der Waals surface area contributed by atoms with Gasteiger partial charge in [-0.15, -0.1) is 0 Å². The molecule has 0 aromatic carbocycles. The summed E-state index contributed by atoms with van der Waals surface area (Å²) in [6.07, 6.45) is 50.0. The van der Waals surface area contributed by atoms with E-state index in [4.69, 9.17) is 24.8 Å². The number of phosphoric acid groups is 1. The van der Waals surface area contributed by atoms with Gasteiger partial charge < -0.3 is 25.2 Å². The lowest BCUT2D eigenvalue weighted by molar-refractivity contribution is -0.161. The molecule has 0 fully saturated rings. The van der Waals surface area contributed by atoms with Gasteiger partial charge in [0, 0.05) is 12.8 Å². The van der Waals surface area contributed by atoms with Gasteiger partial charge in [-0.25, -0.2) is 4.57 Å². The lowest BCUT2D eigenvalue weighted by Gasteiger charge is -2.20. The van der Waals surface area contributed by atoms with Gasteiger partial charge in [0.25, 0.3) is 0 Å². The van der Waals surface area contributed by atoms with E-state index in [9.17, 15) is 23.8 Å². The van der Waals surface area contributed by atoms with Crippen molar-refractivity contribution in [3.8, 4) is 0 Å². The minimum absolute atomic E-state index is 0.150. The SMILES string of the molecule is CC/C=C\C/C=C\C/C=C\C/C=C\CCCCC(=O)OC[C@H](COP(=O)(O)OC[C@H](N)C(=O)O)OC(=O)CCCCCCCCCCCCC/C=C\CCCCCCCC. The van der Waals surface area contributed by atoms with Crippen LogP contribution >= 0.6 is 7.82 Å². The van der Waals surface area contributed by atoms with E-state index in [-0.39, 0.29) is 19.4 Å². The van der Waals surface area contributed by atoms with Crippen LogP contribution in [0.25, 0.3) is 0 Å². The molecular weight excluding hydrogens is 781 g/mol. The van der Waals surface area contributed by atoms with Crippen LogP contribution in [0.5, 0.6) is 0 Å². The molecule has 12 heteroatoms. The number of ether oxygens (including phenoxy) is 2. The molecule has 1 unspecified atom stereocenters. The quantitative estimate of drug-likeness (QED) is 0.0230. The first-order chi connectivity index (χ1) is 29.1. The van der Waals surface area contributed by atoms with Crippen LogP contribution < -0.4 is 5.73 Å². The highest BCUT2D eigenvalue weighted by molar-refractivity contribution is 7.47. The van der Waals surface area contributed by atoms with Crippen LogP contribution in [0, 0.1) is 0 Å². The summed E-state index contributed by atoms with van der Waals surface area (Å²) in [7, 11) is -4.73. The van der Waals surface area contributed by atoms with Crippen LogP contribution in [0.1, 0.15) is 194 Å². The van der Waals surface area contributed by atoms with E-state index < -0.39 is 51.1 Å². The lowest BCUT2D eigenvalue weighted by Crippen LogP contribution is -2.34. The van der Waals surface area contributed by atoms with Crippen LogP contribution in [0.2, 0.25) is 0 Å². The maximum Gasteiger partial charge on any atom is 0.472 e. The van der Waals surface area contributed by atoms with E-state index in [1.54, 1.807) is 0 Å². The summed E-state index contributed by atoms with van der Waals surface area (Å²) in [5.74, 6) is -2.43. The van der Waals surface area contributed by atoms with Crippen molar-refractivity contribution in [2.45, 2.75) is 206 Å². The number of esters is 2. The van der Waals surface area contributed by atoms with Crippen LogP contribution in [-0.2, 0) is 37.5 Å². The number of allylic oxidation sites excluding steroid dienone is 10. The molecule has 0 aliphatic carbocycles. The number of carboxylic acids is 1. The third-order valence-electron chi connectivity index (χ3n) is 9.75. The first kappa shape index (κ1) is 57.2. The van der Waals surface area contributed by atoms with Crippen LogP contribution in [-0.4, -0.2) is 59.9 Å². The van der Waals surface area contributed by atoms with Crippen molar-refractivity contribution in [2.24, 2.45) is 5.73 Å². The summed E-state index contributed by atoms with van der Waals surface area (Å²) in [6.45, 7) is 2.65. The summed E-state index contributed by atoms with van der Waals surface area (Å²) < 4.78 is 32.7. The zero-order valence-corrected chi connectivity index (χ0v) is 38.4. The number of hydrogen-bond acceptors (Lipinski definition) is 9. The third kappa shape index (κ3) is 41.9. The molecule has 0 aromatic heterocycles. The van der Waals surface area contributed by atoms with Crippen LogP contribution in [0.3, 0.4) is 0 Å². The molecule has 0 saturated carbocycles. The molecule has 346 valence electrons. The second-order valence-electron chi connectivity index (χ2n) is 15.5. The Hall–Kier alpha value is -2.82. The maximum absolute atomic E-state index is 12.7. The van der Waals surface area contributed by atoms with E-state index >= 15 is 0 Å². The van der Waals surface area contributed by atoms with Crippen molar-refractivity contribution >= 4 is 25.7 Å². The fraction of sp³-hybridized carbons (Fsp3) is 0.729. The predicted octanol–water partition coefficient (Wildman–Crippen LogP) is 12.7. The standard InChI is InChI=1S/C48H84NO10P/c1-3-5-7-9-11-13-15-17-19-20-21-22-23-24-26-28-30-32-34-36-38-40-47(51)59-44(42-57-60(54,55)58-43-45(49)48(52)53)41-56-46(50)39-37-35-33-31-29-27-25-18-16-14-12-10-8-6-4-2/h6,8,12,14,17-19,25,29,31,44-45H,3-5,7,9-11,13,15-16,20-24,26-28,30,32-43,49H2,1-2H3,(H,52,53)(H,54,55)/b8-6-,14-12-,19-17-,25-18-,31-29-/t44-,45+/m1/s1. The number of phosphoric ester groups is 1. The highest BCUT2D eigenvalue weighted by atomic mass is 31.2. The van der Waals surface area contributed by atoms with Crippen molar-refractivity contribution in [1.29, 1.82) is 0 Å². The van der Waals surface area contributed by atoms with Gasteiger partial charge in [0.1, 0.15) is 12.6 Å². The minimum Gasteiger partial charge on any atom is -0.480 e. The maximum atomic E-state index is 12.7. The molecule has 4 N–H and O–H groups in total. The number of aliphatic carboxylic acids is 1. The molecule has 60 heavy (non-hydrogen) atoms. The number of hydrogen-bond donors (Lipinski definition) is 3. The van der Waals surface area contributed by atoms with E-state index in [0.29, 0.717) is 12.8 Å². The van der Waals surface area contributed by atoms with E-state index in [1.807, 2.05) is 0 Å². The Balaban J connectivity index is 4.34. The molecule has 0 radical (unpaired) electrons. The average Bonchev–Trinajstić information content (AvgIpc) is 3.22. The van der Waals surface area contributed by atoms with Gasteiger partial charge in [-0.2, -0.15) is 0 Å². The van der Waals surface area contributed by atoms with Gasteiger partial charge in [0.2, 0.25) is 0 Å². The van der Waals surface area contributed by atoms with Gasteiger partial charge in [-0.05, 0) is 77.0 Å². The molecule has 0 aliphatic rings. The van der Waals surface area contributed by atoms with Crippen molar-refractivity contribution in [3.05, 3.63) is 60.8 Å². The first-order valence-corrected chi connectivity index (χ1v) is 24.8. The normalized spacial score (nSPS) is 14.2. The van der Waals surface area contributed by atoms with Crippen molar-refractivity contribution < 1.29 is 47.5 Å². The largest absolute Gasteiger partial charge is 0.480 e. The molecule has 3 atom stereocenters. The Kier molecular flexibility index (Phi) is 40.8. The molecule has 0 bridgehead atoms. The summed E-state index contributed by atoms with van der Waals surface area (Å²) in [4.78, 5) is 46.0. The average molecular weight is 866 g/mol. The molecule has 0 saturated heterocycles. The summed E-state index contributed by atoms with van der Waals surface area (Å²) in [5, 5.41) is 8.90. The van der Waals surface area contributed by atoms with Gasteiger partial charge in [-0.1, -0.05) is 164 Å². The van der Waals surface area contributed by atoms with Gasteiger partial charge in [0.15, 0.2) is 6.10 Å². The topological polar surface area (TPSA) is 172 Å². The number of nitrogens with two attached hydrogens (primary N) is 1. The Morgan fingerprint density at radius 2 is 0.933 bits per heavy atom. The zero-order chi connectivity index (χ0) is 44.2. The van der Waals surface area contributed by atoms with Gasteiger partial charge in [0.05, 0.1) is 13.2 Å². The number of carboxylic acid groups (broad SMARTS) is 1. The van der Waals surface area contributed by atoms with Crippen molar-refractivity contribution in [2.75, 3.05) is 19.8 Å². The van der Waals surface area contributed by atoms with E-state index in [2.05, 4.69) is 79.1 Å². The zero-order valence-electron chi connectivity index (χ0n) is 37.5. The molecule has 0 amide bonds. The highest BCUT2D eigenvalue weighted by Gasteiger charge is 2.28. The predicted molar refractivity (Wildman–Crippen MR) is 245 cm³/mol. The Morgan fingerprint density at radius 3 is 1.45 bits per heavy atom. The smallest absolute Gasteiger partial charge is 0.472 e. The van der Waals surface area contributed by atoms with Crippen molar-refractivity contribution in [3.63, 3.8) is 0 Å². The molecule has 11 nitrogen and oxygen atoms in total. The lowest BCUT2D eigenvalue weighted by atomic mass is 10.0. The Bertz CT molecular complexity index is 1250. The second kappa shape index (κ2) is 42.9. The van der Waals surface area contributed by atoms with E-state index in [0.717, 1.165) is 57.8 Å². The summed E-state index contributed by atoms with van der Waals surface area (Å²) >= 11 is 0. The Morgan fingerprint density at radius 1 is 0.533 bits per heavy atom. The fourth-order valence-electron chi connectivity index (χ4n) is 6.11. The molecular formula is C48H84NO10P. The second-order valence-corrected chi connectivity index (χ2v) is 17.0. The number of unbranched alkanes of at least 4 members (excludes halogenated alkanes) is 19. The van der Waals surface area contributed by atoms with Crippen LogP contribution in [0.15, 0.2) is 60.8 Å². The Labute approximate surface area is 364 Å². The monoisotopic (exact) mass is 866 g/mol. The molecule has 0 aromatic rings. The molecule has 0 spiro atoms. The summed E-state index contributed by atoms with van der Waals surface area (Å²) in [5.41, 5.74) is 5.34. The molecule has 0 aliphatic heterocycles. The highest BCUT2D eigenvalue weighted by Crippen LogP contribution is 2.43. The van der Waals surface area contributed by atoms with E-state index in [1.165, 1.54) is 96.3 Å². The van der Waals surface area contributed by atoms with Gasteiger partial charge in [-0.3, -0.25) is 23.4 Å².